The van der Waals surface area contributed by atoms with Gasteiger partial charge in [-0.25, -0.2) is 0 Å². The van der Waals surface area contributed by atoms with Gasteiger partial charge in [0.25, 0.3) is 0 Å². The van der Waals surface area contributed by atoms with Crippen molar-refractivity contribution in [2.24, 2.45) is 5.10 Å². The quantitative estimate of drug-likeness (QED) is 0.395. The number of rotatable bonds is 7. The van der Waals surface area contributed by atoms with Crippen molar-refractivity contribution in [3.63, 3.8) is 0 Å². The van der Waals surface area contributed by atoms with Crippen LogP contribution in [-0.2, 0) is 6.61 Å². The minimum Gasteiger partial charge on any atom is -0.493 e. The first kappa shape index (κ1) is 19.8. The molecule has 0 bridgehead atoms. The molecule has 0 saturated carbocycles. The minimum atomic E-state index is 0.381. The van der Waals surface area contributed by atoms with Crippen molar-refractivity contribution in [2.75, 3.05) is 12.5 Å². The summed E-state index contributed by atoms with van der Waals surface area (Å²) in [5, 5.41) is 5.04. The van der Waals surface area contributed by atoms with Crippen LogP contribution in [0, 0.1) is 13.8 Å². The Morgan fingerprint density at radius 2 is 1.82 bits per heavy atom. The van der Waals surface area contributed by atoms with Crippen molar-refractivity contribution in [2.45, 2.75) is 20.5 Å². The Hall–Kier alpha value is -2.98. The molecule has 0 aliphatic carbocycles. The maximum Gasteiger partial charge on any atom is 0.170 e. The average Bonchev–Trinajstić information content (AvgIpc) is 2.69. The number of methoxy groups -OCH3 is 1. The second-order valence-corrected chi connectivity index (χ2v) is 6.90. The van der Waals surface area contributed by atoms with Crippen LogP contribution in [0.1, 0.15) is 22.3 Å². The number of hydrogen-bond donors (Lipinski definition) is 1. The van der Waals surface area contributed by atoms with Gasteiger partial charge in [-0.15, -0.1) is 0 Å². The van der Waals surface area contributed by atoms with Crippen LogP contribution in [0.15, 0.2) is 65.8 Å². The third kappa shape index (κ3) is 5.05. The van der Waals surface area contributed by atoms with Crippen LogP contribution in [0.2, 0.25) is 5.02 Å². The highest BCUT2D eigenvalue weighted by Gasteiger charge is 2.10. The van der Waals surface area contributed by atoms with Crippen LogP contribution in [-0.4, -0.2) is 13.3 Å². The molecule has 144 valence electrons. The number of nitrogens with zero attached hydrogens (tertiary/aromatic N) is 1. The molecule has 0 amide bonds. The highest BCUT2D eigenvalue weighted by molar-refractivity contribution is 6.30. The molecule has 0 aromatic heterocycles. The number of para-hydroxylation sites is 1. The molecule has 3 rings (SSSR count). The lowest BCUT2D eigenvalue weighted by Crippen LogP contribution is -2.01. The van der Waals surface area contributed by atoms with E-state index in [9.17, 15) is 0 Å². The molecule has 0 fully saturated rings. The van der Waals surface area contributed by atoms with Crippen LogP contribution in [0.3, 0.4) is 0 Å². The fraction of sp³-hybridized carbons (Fsp3) is 0.174. The zero-order valence-electron chi connectivity index (χ0n) is 16.2. The Morgan fingerprint density at radius 1 is 1.00 bits per heavy atom. The zero-order valence-corrected chi connectivity index (χ0v) is 17.0. The molecule has 1 N–H and O–H groups in total. The number of benzene rings is 3. The summed E-state index contributed by atoms with van der Waals surface area (Å²) in [4.78, 5) is 0. The van der Waals surface area contributed by atoms with Gasteiger partial charge >= 0.3 is 0 Å². The molecule has 0 aliphatic heterocycles. The molecule has 0 radical (unpaired) electrons. The van der Waals surface area contributed by atoms with E-state index < -0.39 is 0 Å². The molecule has 28 heavy (non-hydrogen) atoms. The summed E-state index contributed by atoms with van der Waals surface area (Å²) in [5.74, 6) is 1.28. The Morgan fingerprint density at radius 3 is 2.57 bits per heavy atom. The number of anilines is 1. The fourth-order valence-electron chi connectivity index (χ4n) is 2.72. The second-order valence-electron chi connectivity index (χ2n) is 6.47. The molecule has 0 heterocycles. The van der Waals surface area contributed by atoms with Gasteiger partial charge in [0.1, 0.15) is 6.61 Å². The van der Waals surface area contributed by atoms with E-state index in [4.69, 9.17) is 21.1 Å². The van der Waals surface area contributed by atoms with E-state index in [1.807, 2.05) is 48.5 Å². The zero-order chi connectivity index (χ0) is 19.9. The minimum absolute atomic E-state index is 0.381. The van der Waals surface area contributed by atoms with Crippen LogP contribution in [0.25, 0.3) is 0 Å². The predicted octanol–water partition coefficient (Wildman–Crippen LogP) is 5.99. The molecule has 5 heteroatoms. The summed E-state index contributed by atoms with van der Waals surface area (Å²) in [5.41, 5.74) is 8.26. The second kappa shape index (κ2) is 9.29. The largest absolute Gasteiger partial charge is 0.493 e. The normalized spacial score (nSPS) is 10.9. The van der Waals surface area contributed by atoms with E-state index >= 15 is 0 Å². The molecule has 0 unspecified atom stereocenters. The number of aryl methyl sites for hydroxylation is 2. The standard InChI is InChI=1S/C23H23ClN2O2/c1-16-10-11-21(12-17(16)2)26-25-14-19-7-5-9-22(27-3)23(19)28-15-18-6-4-8-20(24)13-18/h4-14,26H,15H2,1-3H3. The number of hydrazone groups is 1. The number of ether oxygens (including phenoxy) is 2. The van der Waals surface area contributed by atoms with Gasteiger partial charge in [-0.3, -0.25) is 5.43 Å². The molecule has 0 aliphatic rings. The molecular weight excluding hydrogens is 372 g/mol. The highest BCUT2D eigenvalue weighted by atomic mass is 35.5. The topological polar surface area (TPSA) is 42.8 Å². The highest BCUT2D eigenvalue weighted by Crippen LogP contribution is 2.31. The van der Waals surface area contributed by atoms with E-state index in [0.717, 1.165) is 16.8 Å². The number of halogens is 1. The lowest BCUT2D eigenvalue weighted by Gasteiger charge is -2.13. The summed E-state index contributed by atoms with van der Waals surface area (Å²) < 4.78 is 11.5. The summed E-state index contributed by atoms with van der Waals surface area (Å²) in [6.45, 7) is 4.54. The monoisotopic (exact) mass is 394 g/mol. The molecule has 3 aromatic carbocycles. The third-order valence-corrected chi connectivity index (χ3v) is 4.64. The lowest BCUT2D eigenvalue weighted by atomic mass is 10.1. The van der Waals surface area contributed by atoms with Gasteiger partial charge in [0.2, 0.25) is 0 Å². The SMILES string of the molecule is COc1cccc(C=NNc2ccc(C)c(C)c2)c1OCc1cccc(Cl)c1. The van der Waals surface area contributed by atoms with Crippen molar-refractivity contribution in [1.29, 1.82) is 0 Å². The molecule has 3 aromatic rings. The molecule has 0 spiro atoms. The number of nitrogens with one attached hydrogen (secondary N) is 1. The van der Waals surface area contributed by atoms with E-state index in [1.54, 1.807) is 13.3 Å². The van der Waals surface area contributed by atoms with Crippen molar-refractivity contribution >= 4 is 23.5 Å². The van der Waals surface area contributed by atoms with Gasteiger partial charge in [0.15, 0.2) is 11.5 Å². The van der Waals surface area contributed by atoms with Crippen molar-refractivity contribution in [3.8, 4) is 11.5 Å². The number of hydrogen-bond acceptors (Lipinski definition) is 4. The Bertz CT molecular complexity index is 986. The molecule has 0 atom stereocenters. The van der Waals surface area contributed by atoms with Crippen LogP contribution in [0.5, 0.6) is 11.5 Å². The fourth-order valence-corrected chi connectivity index (χ4v) is 2.93. The summed E-state index contributed by atoms with van der Waals surface area (Å²) in [6.07, 6.45) is 1.73. The lowest BCUT2D eigenvalue weighted by molar-refractivity contribution is 0.284. The van der Waals surface area contributed by atoms with E-state index in [0.29, 0.717) is 23.1 Å². The first-order valence-electron chi connectivity index (χ1n) is 8.97. The third-order valence-electron chi connectivity index (χ3n) is 4.41. The smallest absolute Gasteiger partial charge is 0.170 e. The van der Waals surface area contributed by atoms with E-state index in [1.165, 1.54) is 11.1 Å². The van der Waals surface area contributed by atoms with Crippen molar-refractivity contribution in [1.82, 2.24) is 0 Å². The summed E-state index contributed by atoms with van der Waals surface area (Å²) in [6, 6.07) is 19.4. The average molecular weight is 395 g/mol. The first-order valence-corrected chi connectivity index (χ1v) is 9.35. The summed E-state index contributed by atoms with van der Waals surface area (Å²) >= 11 is 6.05. The van der Waals surface area contributed by atoms with E-state index in [-0.39, 0.29) is 0 Å². The van der Waals surface area contributed by atoms with Crippen molar-refractivity contribution in [3.05, 3.63) is 87.9 Å². The van der Waals surface area contributed by atoms with Gasteiger partial charge in [-0.1, -0.05) is 35.9 Å². The van der Waals surface area contributed by atoms with E-state index in [2.05, 4.69) is 36.5 Å². The van der Waals surface area contributed by atoms with Crippen LogP contribution < -0.4 is 14.9 Å². The predicted molar refractivity (Wildman–Crippen MR) is 116 cm³/mol. The van der Waals surface area contributed by atoms with Crippen molar-refractivity contribution < 1.29 is 9.47 Å². The maximum absolute atomic E-state index is 6.05. The van der Waals surface area contributed by atoms with Gasteiger partial charge in [-0.2, -0.15) is 5.10 Å². The molecule has 0 saturated heterocycles. The Kier molecular flexibility index (Phi) is 6.56. The van der Waals surface area contributed by atoms with Gasteiger partial charge in [0.05, 0.1) is 19.0 Å². The summed E-state index contributed by atoms with van der Waals surface area (Å²) in [7, 11) is 1.62. The van der Waals surface area contributed by atoms with Gasteiger partial charge in [-0.05, 0) is 66.9 Å². The van der Waals surface area contributed by atoms with Gasteiger partial charge < -0.3 is 9.47 Å². The Balaban J connectivity index is 1.77. The molecule has 4 nitrogen and oxygen atoms in total. The van der Waals surface area contributed by atoms with Gasteiger partial charge in [0, 0.05) is 10.6 Å². The first-order chi connectivity index (χ1) is 13.6. The Labute approximate surface area is 170 Å². The van der Waals surface area contributed by atoms with Crippen LogP contribution >= 0.6 is 11.6 Å². The molecular formula is C23H23ClN2O2. The maximum atomic E-state index is 6.05. The van der Waals surface area contributed by atoms with Crippen LogP contribution in [0.4, 0.5) is 5.69 Å².